The number of nitrogens with two attached hydrogens (primary N) is 1. The Morgan fingerprint density at radius 1 is 1.08 bits per heavy atom. The molecule has 1 aliphatic rings. The predicted octanol–water partition coefficient (Wildman–Crippen LogP) is 5.39. The van der Waals surface area contributed by atoms with Gasteiger partial charge in [0.2, 0.25) is 0 Å². The molecule has 1 unspecified atom stereocenters. The maximum Gasteiger partial charge on any atom is 0.307 e. The number of carbonyl (C=O) groups is 1. The number of aromatic nitrogens is 3. The van der Waals surface area contributed by atoms with Crippen LogP contribution in [0.25, 0.3) is 32.8 Å². The van der Waals surface area contributed by atoms with Crippen molar-refractivity contribution in [1.82, 2.24) is 14.8 Å². The van der Waals surface area contributed by atoms with Crippen LogP contribution in [0.1, 0.15) is 30.1 Å². The average molecular weight is 509 g/mol. The Balaban J connectivity index is 1.43. The summed E-state index contributed by atoms with van der Waals surface area (Å²) in [5.74, 6) is 0.153. The molecule has 0 saturated carbocycles. The van der Waals surface area contributed by atoms with Gasteiger partial charge in [-0.15, -0.1) is 0 Å². The van der Waals surface area contributed by atoms with Gasteiger partial charge in [-0.3, -0.25) is 9.48 Å². The number of benzene rings is 3. The molecule has 0 aliphatic carbocycles. The van der Waals surface area contributed by atoms with E-state index in [2.05, 4.69) is 33.9 Å². The summed E-state index contributed by atoms with van der Waals surface area (Å²) in [4.78, 5) is 15.6. The van der Waals surface area contributed by atoms with Gasteiger partial charge in [-0.2, -0.15) is 5.10 Å². The van der Waals surface area contributed by atoms with Crippen molar-refractivity contribution in [2.75, 3.05) is 18.9 Å². The molecule has 0 amide bonds. The second kappa shape index (κ2) is 10.1. The number of anilines is 1. The molecule has 1 saturated heterocycles. The molecule has 1 fully saturated rings. The smallest absolute Gasteiger partial charge is 0.307 e. The molecule has 0 radical (unpaired) electrons. The second-order valence-electron chi connectivity index (χ2n) is 9.56. The third-order valence-corrected chi connectivity index (χ3v) is 7.09. The number of carboxylic acids is 1. The van der Waals surface area contributed by atoms with Crippen LogP contribution in [-0.2, 0) is 22.6 Å². The summed E-state index contributed by atoms with van der Waals surface area (Å²) in [6.07, 6.45) is 3.61. The normalized spacial score (nSPS) is 15.6. The summed E-state index contributed by atoms with van der Waals surface area (Å²) in [7, 11) is 0. The molecule has 1 atom stereocenters. The highest BCUT2D eigenvalue weighted by Crippen LogP contribution is 2.35. The molecule has 38 heavy (non-hydrogen) atoms. The molecule has 3 N–H and O–H groups in total. The first kappa shape index (κ1) is 23.9. The Kier molecular flexibility index (Phi) is 6.39. The fraction of sp³-hybridized carbons (Fsp3) is 0.233. The van der Waals surface area contributed by atoms with E-state index in [1.54, 1.807) is 18.3 Å². The highest BCUT2D eigenvalue weighted by Gasteiger charge is 2.22. The van der Waals surface area contributed by atoms with Gasteiger partial charge in [-0.1, -0.05) is 42.5 Å². The molecule has 8 nitrogen and oxygen atoms in total. The number of fused-ring (bicyclic) bond motifs is 2. The van der Waals surface area contributed by atoms with Crippen LogP contribution in [0.3, 0.4) is 0 Å². The number of para-hydroxylation sites is 1. The van der Waals surface area contributed by atoms with Crippen molar-refractivity contribution in [2.24, 2.45) is 0 Å². The third-order valence-electron chi connectivity index (χ3n) is 7.09. The number of hydrogen-bond donors (Lipinski definition) is 2. The van der Waals surface area contributed by atoms with Crippen LogP contribution in [0.5, 0.6) is 5.75 Å². The van der Waals surface area contributed by atoms with E-state index in [4.69, 9.17) is 20.3 Å². The van der Waals surface area contributed by atoms with Crippen LogP contribution < -0.4 is 10.5 Å². The third kappa shape index (κ3) is 4.54. The Labute approximate surface area is 219 Å². The maximum absolute atomic E-state index is 11.3. The first-order chi connectivity index (χ1) is 18.6. The van der Waals surface area contributed by atoms with Crippen LogP contribution in [0, 0.1) is 0 Å². The Bertz CT molecular complexity index is 1640. The number of hydrogen-bond acceptors (Lipinski definition) is 6. The zero-order chi connectivity index (χ0) is 26.1. The van der Waals surface area contributed by atoms with Crippen LogP contribution in [0.2, 0.25) is 0 Å². The number of ether oxygens (including phenoxy) is 2. The van der Waals surface area contributed by atoms with Crippen molar-refractivity contribution >= 4 is 33.5 Å². The molecule has 0 spiro atoms. The average Bonchev–Trinajstić information content (AvgIpc) is 3.30. The van der Waals surface area contributed by atoms with E-state index in [1.807, 2.05) is 30.3 Å². The standard InChI is InChI=1S/C30H28N4O4/c31-30-24-8-3-7-22(23(24)12-13-32-30)19-10-11-27-25(15-19)26(33-34(27)21-6-4-14-37-17-21)18-38-28-9-2-1-5-20(28)16-29(35)36/h1-3,5,7-13,15,21H,4,6,14,16-18H2,(H2,31,32)(H,35,36). The van der Waals surface area contributed by atoms with Gasteiger partial charge in [-0.05, 0) is 53.6 Å². The molecule has 3 heterocycles. The fourth-order valence-corrected chi connectivity index (χ4v) is 5.26. The molecule has 192 valence electrons. The molecule has 1 aliphatic heterocycles. The van der Waals surface area contributed by atoms with Crippen LogP contribution in [-0.4, -0.2) is 39.1 Å². The van der Waals surface area contributed by atoms with E-state index < -0.39 is 5.97 Å². The van der Waals surface area contributed by atoms with Crippen molar-refractivity contribution in [1.29, 1.82) is 0 Å². The number of nitrogen functional groups attached to an aromatic ring is 1. The molecular weight excluding hydrogens is 480 g/mol. The lowest BCUT2D eigenvalue weighted by Crippen LogP contribution is -2.22. The van der Waals surface area contributed by atoms with Crippen molar-refractivity contribution in [3.8, 4) is 16.9 Å². The summed E-state index contributed by atoms with van der Waals surface area (Å²) >= 11 is 0. The van der Waals surface area contributed by atoms with E-state index in [1.165, 1.54) is 0 Å². The summed E-state index contributed by atoms with van der Waals surface area (Å²) in [6.45, 7) is 1.61. The van der Waals surface area contributed by atoms with Crippen molar-refractivity contribution < 1.29 is 19.4 Å². The van der Waals surface area contributed by atoms with Gasteiger partial charge in [0.05, 0.1) is 24.6 Å². The maximum atomic E-state index is 11.3. The largest absolute Gasteiger partial charge is 0.487 e. The molecule has 8 heteroatoms. The van der Waals surface area contributed by atoms with Gasteiger partial charge < -0.3 is 20.3 Å². The Hall–Kier alpha value is -4.43. The molecule has 6 rings (SSSR count). The zero-order valence-corrected chi connectivity index (χ0v) is 20.8. The highest BCUT2D eigenvalue weighted by atomic mass is 16.5. The number of rotatable bonds is 7. The lowest BCUT2D eigenvalue weighted by atomic mass is 9.97. The Morgan fingerprint density at radius 2 is 1.97 bits per heavy atom. The van der Waals surface area contributed by atoms with Gasteiger partial charge in [0.1, 0.15) is 23.9 Å². The van der Waals surface area contributed by atoms with Gasteiger partial charge >= 0.3 is 5.97 Å². The number of pyridine rings is 1. The fourth-order valence-electron chi connectivity index (χ4n) is 5.26. The second-order valence-corrected chi connectivity index (χ2v) is 9.56. The number of aliphatic carboxylic acids is 1. The van der Waals surface area contributed by atoms with E-state index in [-0.39, 0.29) is 19.1 Å². The van der Waals surface area contributed by atoms with Crippen molar-refractivity contribution in [2.45, 2.75) is 31.9 Å². The van der Waals surface area contributed by atoms with Crippen LogP contribution in [0.4, 0.5) is 5.82 Å². The van der Waals surface area contributed by atoms with Crippen molar-refractivity contribution in [3.05, 3.63) is 84.2 Å². The van der Waals surface area contributed by atoms with Gasteiger partial charge in [0, 0.05) is 29.1 Å². The SMILES string of the molecule is Nc1nccc2c(-c3ccc4c(c3)c(COc3ccccc3CC(=O)O)nn4C3CCCOC3)cccc12. The quantitative estimate of drug-likeness (QED) is 0.303. The molecule has 3 aromatic carbocycles. The summed E-state index contributed by atoms with van der Waals surface area (Å²) in [5.41, 5.74) is 10.7. The monoisotopic (exact) mass is 508 g/mol. The van der Waals surface area contributed by atoms with Gasteiger partial charge in [0.15, 0.2) is 0 Å². The molecule has 5 aromatic rings. The van der Waals surface area contributed by atoms with Crippen molar-refractivity contribution in [3.63, 3.8) is 0 Å². The van der Waals surface area contributed by atoms with Gasteiger partial charge in [0.25, 0.3) is 0 Å². The van der Waals surface area contributed by atoms with Crippen LogP contribution in [0.15, 0.2) is 72.9 Å². The minimum atomic E-state index is -0.899. The van der Waals surface area contributed by atoms with E-state index >= 15 is 0 Å². The zero-order valence-electron chi connectivity index (χ0n) is 20.8. The minimum absolute atomic E-state index is 0.103. The van der Waals surface area contributed by atoms with Gasteiger partial charge in [-0.25, -0.2) is 4.98 Å². The minimum Gasteiger partial charge on any atom is -0.487 e. The lowest BCUT2D eigenvalue weighted by Gasteiger charge is -2.23. The molecule has 2 aromatic heterocycles. The summed E-state index contributed by atoms with van der Waals surface area (Å²) < 4.78 is 14.0. The molecular formula is C30H28N4O4. The van der Waals surface area contributed by atoms with Crippen LogP contribution >= 0.6 is 0 Å². The topological polar surface area (TPSA) is 112 Å². The Morgan fingerprint density at radius 3 is 2.82 bits per heavy atom. The summed E-state index contributed by atoms with van der Waals surface area (Å²) in [5, 5.41) is 17.2. The van der Waals surface area contributed by atoms with E-state index in [0.29, 0.717) is 23.7 Å². The number of nitrogens with zero attached hydrogens (tertiary/aromatic N) is 3. The predicted molar refractivity (Wildman–Crippen MR) is 146 cm³/mol. The summed E-state index contributed by atoms with van der Waals surface area (Å²) in [6, 6.07) is 21.8. The van der Waals surface area contributed by atoms with E-state index in [0.717, 1.165) is 57.9 Å². The number of carboxylic acid groups (broad SMARTS) is 1. The molecule has 0 bridgehead atoms. The van der Waals surface area contributed by atoms with E-state index in [9.17, 15) is 9.90 Å². The lowest BCUT2D eigenvalue weighted by molar-refractivity contribution is -0.136. The first-order valence-corrected chi connectivity index (χ1v) is 12.7. The first-order valence-electron chi connectivity index (χ1n) is 12.7. The highest BCUT2D eigenvalue weighted by molar-refractivity contribution is 6.02.